The molecule has 0 aliphatic carbocycles. The predicted molar refractivity (Wildman–Crippen MR) is 85.3 cm³/mol. The van der Waals surface area contributed by atoms with Crippen molar-refractivity contribution in [2.75, 3.05) is 6.61 Å². The van der Waals surface area contributed by atoms with Crippen molar-refractivity contribution in [1.29, 1.82) is 0 Å². The summed E-state index contributed by atoms with van der Waals surface area (Å²) in [6.07, 6.45) is 2.53. The molecule has 0 unspecified atom stereocenters. The van der Waals surface area contributed by atoms with E-state index >= 15 is 0 Å². The molecule has 0 saturated carbocycles. The maximum absolute atomic E-state index is 13.0. The van der Waals surface area contributed by atoms with Crippen molar-refractivity contribution in [2.45, 2.75) is 19.9 Å². The lowest BCUT2D eigenvalue weighted by atomic mass is 10.2. The Morgan fingerprint density at radius 3 is 2.95 bits per heavy atom. The number of hydrogen-bond acceptors (Lipinski definition) is 3. The van der Waals surface area contributed by atoms with Crippen LogP contribution in [0.5, 0.6) is 5.88 Å². The molecule has 1 N–H and O–H groups in total. The van der Waals surface area contributed by atoms with Gasteiger partial charge in [0.25, 0.3) is 5.91 Å². The van der Waals surface area contributed by atoms with Crippen molar-refractivity contribution < 1.29 is 13.9 Å². The van der Waals surface area contributed by atoms with Crippen LogP contribution >= 0.6 is 15.9 Å². The van der Waals surface area contributed by atoms with Crippen LogP contribution in [0.2, 0.25) is 0 Å². The number of benzene rings is 1. The molecule has 4 nitrogen and oxygen atoms in total. The highest BCUT2D eigenvalue weighted by Gasteiger charge is 2.12. The minimum atomic E-state index is -0.397. The minimum Gasteiger partial charge on any atom is -0.477 e. The van der Waals surface area contributed by atoms with Gasteiger partial charge < -0.3 is 10.1 Å². The monoisotopic (exact) mass is 366 g/mol. The number of ether oxygens (including phenoxy) is 1. The zero-order valence-electron chi connectivity index (χ0n) is 12.1. The van der Waals surface area contributed by atoms with Crippen molar-refractivity contribution in [3.8, 4) is 5.88 Å². The van der Waals surface area contributed by atoms with Gasteiger partial charge in [-0.3, -0.25) is 4.79 Å². The van der Waals surface area contributed by atoms with Crippen LogP contribution in [0.1, 0.15) is 29.3 Å². The number of nitrogens with one attached hydrogen (secondary N) is 1. The third kappa shape index (κ3) is 4.27. The Bertz CT molecular complexity index is 664. The van der Waals surface area contributed by atoms with E-state index < -0.39 is 5.82 Å². The van der Waals surface area contributed by atoms with Crippen molar-refractivity contribution in [3.63, 3.8) is 0 Å². The van der Waals surface area contributed by atoms with E-state index in [1.54, 1.807) is 12.3 Å². The fourth-order valence-electron chi connectivity index (χ4n) is 1.83. The van der Waals surface area contributed by atoms with Crippen LogP contribution in [0.3, 0.4) is 0 Å². The molecule has 116 valence electrons. The zero-order valence-corrected chi connectivity index (χ0v) is 13.7. The Labute approximate surface area is 136 Å². The van der Waals surface area contributed by atoms with E-state index in [0.717, 1.165) is 12.0 Å². The molecule has 1 aromatic heterocycles. The third-order valence-electron chi connectivity index (χ3n) is 2.91. The lowest BCUT2D eigenvalue weighted by Crippen LogP contribution is -2.23. The van der Waals surface area contributed by atoms with E-state index in [1.807, 2.05) is 13.0 Å². The Hall–Kier alpha value is -1.95. The first-order valence-corrected chi connectivity index (χ1v) is 7.71. The van der Waals surface area contributed by atoms with Gasteiger partial charge in [-0.1, -0.05) is 13.0 Å². The van der Waals surface area contributed by atoms with Crippen molar-refractivity contribution in [2.24, 2.45) is 0 Å². The number of carbonyl (C=O) groups excluding carboxylic acids is 1. The van der Waals surface area contributed by atoms with Crippen LogP contribution < -0.4 is 10.1 Å². The summed E-state index contributed by atoms with van der Waals surface area (Å²) >= 11 is 3.18. The number of nitrogens with zero attached hydrogens (tertiary/aromatic N) is 1. The topological polar surface area (TPSA) is 51.2 Å². The molecule has 0 aliphatic heterocycles. The van der Waals surface area contributed by atoms with Crippen LogP contribution in [-0.2, 0) is 6.54 Å². The van der Waals surface area contributed by atoms with E-state index in [1.165, 1.54) is 18.2 Å². The second kappa shape index (κ2) is 7.89. The molecule has 2 rings (SSSR count). The summed E-state index contributed by atoms with van der Waals surface area (Å²) in [5.74, 6) is -0.175. The van der Waals surface area contributed by atoms with Crippen molar-refractivity contribution >= 4 is 21.8 Å². The number of amides is 1. The molecule has 2 aromatic rings. The number of hydrogen-bond donors (Lipinski definition) is 1. The number of pyridine rings is 1. The maximum Gasteiger partial charge on any atom is 0.252 e. The highest BCUT2D eigenvalue weighted by molar-refractivity contribution is 9.10. The van der Waals surface area contributed by atoms with Gasteiger partial charge in [0, 0.05) is 22.8 Å². The molecule has 0 bridgehead atoms. The van der Waals surface area contributed by atoms with Crippen LogP contribution in [-0.4, -0.2) is 17.5 Å². The zero-order chi connectivity index (χ0) is 15.9. The summed E-state index contributed by atoms with van der Waals surface area (Å²) in [7, 11) is 0. The first-order chi connectivity index (χ1) is 10.6. The summed E-state index contributed by atoms with van der Waals surface area (Å²) < 4.78 is 19.0. The molecule has 0 radical (unpaired) electrons. The average molecular weight is 367 g/mol. The van der Waals surface area contributed by atoms with Gasteiger partial charge in [0.1, 0.15) is 5.82 Å². The predicted octanol–water partition coefficient (Wildman–Crippen LogP) is 3.70. The molecule has 0 fully saturated rings. The van der Waals surface area contributed by atoms with E-state index in [0.29, 0.717) is 22.5 Å². The molecule has 1 amide bonds. The first kappa shape index (κ1) is 16.4. The standard InChI is InChI=1S/C16H16BrFN2O2/c1-2-8-22-16-11(4-3-7-19-16)10-20-15(21)13-6-5-12(18)9-14(13)17/h3-7,9H,2,8,10H2,1H3,(H,20,21). The van der Waals surface area contributed by atoms with Gasteiger partial charge in [-0.05, 0) is 46.6 Å². The molecular weight excluding hydrogens is 351 g/mol. The van der Waals surface area contributed by atoms with Gasteiger partial charge in [-0.2, -0.15) is 0 Å². The van der Waals surface area contributed by atoms with E-state index in [4.69, 9.17) is 4.74 Å². The van der Waals surface area contributed by atoms with Gasteiger partial charge in [0.15, 0.2) is 0 Å². The average Bonchev–Trinajstić information content (AvgIpc) is 2.51. The van der Waals surface area contributed by atoms with Gasteiger partial charge in [-0.25, -0.2) is 9.37 Å². The first-order valence-electron chi connectivity index (χ1n) is 6.91. The van der Waals surface area contributed by atoms with Gasteiger partial charge in [-0.15, -0.1) is 0 Å². The molecule has 1 aromatic carbocycles. The summed E-state index contributed by atoms with van der Waals surface area (Å²) in [6.45, 7) is 2.87. The lowest BCUT2D eigenvalue weighted by Gasteiger charge is -2.11. The van der Waals surface area contributed by atoms with Gasteiger partial charge in [0.2, 0.25) is 5.88 Å². The molecule has 0 saturated heterocycles. The minimum absolute atomic E-state index is 0.287. The quantitative estimate of drug-likeness (QED) is 0.847. The lowest BCUT2D eigenvalue weighted by molar-refractivity contribution is 0.0949. The highest BCUT2D eigenvalue weighted by Crippen LogP contribution is 2.19. The molecular formula is C16H16BrFN2O2. The summed E-state index contributed by atoms with van der Waals surface area (Å²) in [5.41, 5.74) is 1.17. The SMILES string of the molecule is CCCOc1ncccc1CNC(=O)c1ccc(F)cc1Br. The van der Waals surface area contributed by atoms with Gasteiger partial charge >= 0.3 is 0 Å². The largest absolute Gasteiger partial charge is 0.477 e. The van der Waals surface area contributed by atoms with E-state index in [9.17, 15) is 9.18 Å². The second-order valence-corrected chi connectivity index (χ2v) is 5.48. The molecule has 0 spiro atoms. The highest BCUT2D eigenvalue weighted by atomic mass is 79.9. The Kier molecular flexibility index (Phi) is 5.89. The maximum atomic E-state index is 13.0. The number of halogens is 2. The summed E-state index contributed by atoms with van der Waals surface area (Å²) in [5, 5.41) is 2.78. The van der Waals surface area contributed by atoms with Crippen LogP contribution in [0.4, 0.5) is 4.39 Å². The van der Waals surface area contributed by atoms with Crippen molar-refractivity contribution in [3.05, 3.63) is 57.9 Å². The molecule has 6 heteroatoms. The summed E-state index contributed by atoms with van der Waals surface area (Å²) in [4.78, 5) is 16.3. The molecule has 22 heavy (non-hydrogen) atoms. The van der Waals surface area contributed by atoms with Crippen LogP contribution in [0.25, 0.3) is 0 Å². The fourth-order valence-corrected chi connectivity index (χ4v) is 2.36. The van der Waals surface area contributed by atoms with Crippen LogP contribution in [0, 0.1) is 5.82 Å². The summed E-state index contributed by atoms with van der Waals surface area (Å²) in [6, 6.07) is 7.58. The number of rotatable bonds is 6. The van der Waals surface area contributed by atoms with Gasteiger partial charge in [0.05, 0.1) is 12.2 Å². The normalized spacial score (nSPS) is 10.3. The smallest absolute Gasteiger partial charge is 0.252 e. The van der Waals surface area contributed by atoms with E-state index in [-0.39, 0.29) is 12.5 Å². The Morgan fingerprint density at radius 1 is 1.41 bits per heavy atom. The number of aromatic nitrogens is 1. The van der Waals surface area contributed by atoms with Crippen molar-refractivity contribution in [1.82, 2.24) is 10.3 Å². The fraction of sp³-hybridized carbons (Fsp3) is 0.250. The van der Waals surface area contributed by atoms with Crippen LogP contribution in [0.15, 0.2) is 41.0 Å². The molecule has 1 heterocycles. The Balaban J connectivity index is 2.05. The second-order valence-electron chi connectivity index (χ2n) is 4.62. The molecule has 0 atom stereocenters. The molecule has 0 aliphatic rings. The number of carbonyl (C=O) groups is 1. The third-order valence-corrected chi connectivity index (χ3v) is 3.56. The van der Waals surface area contributed by atoms with E-state index in [2.05, 4.69) is 26.2 Å². The Morgan fingerprint density at radius 2 is 2.23 bits per heavy atom.